The minimum absolute atomic E-state index is 0.0626. The van der Waals surface area contributed by atoms with Crippen LogP contribution in [0.3, 0.4) is 0 Å². The molecule has 4 aromatic carbocycles. The monoisotopic (exact) mass is 727 g/mol. The van der Waals surface area contributed by atoms with Crippen molar-refractivity contribution >= 4 is 14.2 Å². The summed E-state index contributed by atoms with van der Waals surface area (Å²) in [5.41, 5.74) is 3.88. The molecule has 52 heavy (non-hydrogen) atoms. The van der Waals surface area contributed by atoms with E-state index in [2.05, 4.69) is 39.2 Å². The van der Waals surface area contributed by atoms with E-state index in [1.54, 1.807) is 0 Å². The van der Waals surface area contributed by atoms with Crippen molar-refractivity contribution in [3.05, 3.63) is 144 Å². The third-order valence-electron chi connectivity index (χ3n) is 9.55. The Morgan fingerprint density at radius 3 is 1.46 bits per heavy atom. The van der Waals surface area contributed by atoms with Gasteiger partial charge in [-0.1, -0.05) is 142 Å². The largest absolute Gasteiger partial charge is 0.414 e. The van der Waals surface area contributed by atoms with E-state index in [0.717, 1.165) is 22.3 Å². The first-order valence-corrected chi connectivity index (χ1v) is 21.0. The fourth-order valence-corrected chi connectivity index (χ4v) is 6.47. The Morgan fingerprint density at radius 2 is 1.04 bits per heavy atom. The maximum absolute atomic E-state index is 12.9. The van der Waals surface area contributed by atoms with E-state index in [1.807, 2.05) is 121 Å². The summed E-state index contributed by atoms with van der Waals surface area (Å²) in [6.07, 6.45) is -3.67. The maximum atomic E-state index is 12.9. The molecule has 0 aliphatic rings. The summed E-state index contributed by atoms with van der Waals surface area (Å²) in [5.74, 6) is -0.312. The smallest absolute Gasteiger partial charge is 0.217 e. The first kappa shape index (κ1) is 41.1. The number of amides is 1. The van der Waals surface area contributed by atoms with Gasteiger partial charge in [-0.25, -0.2) is 0 Å². The van der Waals surface area contributed by atoms with E-state index in [9.17, 15) is 9.90 Å². The van der Waals surface area contributed by atoms with Crippen molar-refractivity contribution in [2.24, 2.45) is 0 Å². The number of carbonyl (C=O) groups is 1. The van der Waals surface area contributed by atoms with Gasteiger partial charge in [-0.15, -0.1) is 0 Å². The predicted octanol–water partition coefficient (Wildman–Crippen LogP) is 7.85. The average Bonchev–Trinajstić information content (AvgIpc) is 3.14. The topological polar surface area (TPSA) is 95.5 Å². The summed E-state index contributed by atoms with van der Waals surface area (Å²) in [6, 6.07) is 38.5. The Labute approximate surface area is 311 Å². The molecule has 8 nitrogen and oxygen atoms in total. The van der Waals surface area contributed by atoms with Crippen LogP contribution in [0.2, 0.25) is 18.1 Å². The van der Waals surface area contributed by atoms with Gasteiger partial charge in [0.25, 0.3) is 0 Å². The number of aliphatic hydroxyl groups excluding tert-OH is 1. The molecule has 5 atom stereocenters. The van der Waals surface area contributed by atoms with Crippen LogP contribution in [0.25, 0.3) is 0 Å². The van der Waals surface area contributed by atoms with Crippen LogP contribution in [0.15, 0.2) is 121 Å². The summed E-state index contributed by atoms with van der Waals surface area (Å²) in [4.78, 5) is 12.9. The van der Waals surface area contributed by atoms with Crippen molar-refractivity contribution in [3.63, 3.8) is 0 Å². The number of nitrogens with one attached hydrogen (secondary N) is 1. The van der Waals surface area contributed by atoms with Crippen molar-refractivity contribution in [2.45, 2.75) is 103 Å². The van der Waals surface area contributed by atoms with E-state index >= 15 is 0 Å². The second-order valence-electron chi connectivity index (χ2n) is 14.7. The second-order valence-corrected chi connectivity index (χ2v) is 19.5. The van der Waals surface area contributed by atoms with Crippen LogP contribution in [-0.2, 0) is 54.6 Å². The number of aliphatic hydroxyl groups is 1. The molecule has 4 rings (SSSR count). The third-order valence-corrected chi connectivity index (χ3v) is 14.0. The van der Waals surface area contributed by atoms with Gasteiger partial charge in [-0.05, 0) is 40.4 Å². The fraction of sp³-hybridized carbons (Fsp3) is 0.419. The number of benzene rings is 4. The van der Waals surface area contributed by atoms with Gasteiger partial charge in [0.1, 0.15) is 24.4 Å². The lowest BCUT2D eigenvalue weighted by Crippen LogP contribution is -2.60. The van der Waals surface area contributed by atoms with E-state index in [1.165, 1.54) is 6.92 Å². The first-order valence-electron chi connectivity index (χ1n) is 18.1. The molecule has 280 valence electrons. The standard InChI is InChI=1S/C43H57NO7Si/c1-33(45)44-40(38(32-51-52(5,6)43(2,3)4)48-28-35-21-13-8-14-22-35)41(46)42(50-30-37-25-17-10-18-26-37)39(49-29-36-23-15-9-16-24-36)31-47-27-34-19-11-7-12-20-34/h7-26,38-42,46H,27-32H2,1-6H3,(H,44,45)/t38-,39+,40+,41+,42+/m0/s1. The van der Waals surface area contributed by atoms with E-state index < -0.39 is 38.8 Å². The van der Waals surface area contributed by atoms with E-state index in [4.69, 9.17) is 23.4 Å². The van der Waals surface area contributed by atoms with Crippen molar-refractivity contribution in [3.8, 4) is 0 Å². The minimum Gasteiger partial charge on any atom is -0.414 e. The van der Waals surface area contributed by atoms with Gasteiger partial charge in [0.2, 0.25) is 5.91 Å². The molecule has 0 unspecified atom stereocenters. The second kappa shape index (κ2) is 20.5. The zero-order valence-corrected chi connectivity index (χ0v) is 32.6. The SMILES string of the molecule is CC(=O)N[C@@H]([C@@H](O)[C@H](OCc1ccccc1)[C@@H](COCc1ccccc1)OCc1ccccc1)[C@H](CO[Si](C)(C)C(C)(C)C)OCc1ccccc1. The summed E-state index contributed by atoms with van der Waals surface area (Å²) < 4.78 is 32.7. The van der Waals surface area contributed by atoms with Crippen molar-refractivity contribution in [2.75, 3.05) is 13.2 Å². The summed E-state index contributed by atoms with van der Waals surface area (Å²) in [7, 11) is -2.26. The van der Waals surface area contributed by atoms with Crippen molar-refractivity contribution in [1.82, 2.24) is 5.32 Å². The summed E-state index contributed by atoms with van der Waals surface area (Å²) in [6.45, 7) is 13.7. The molecule has 0 bridgehead atoms. The van der Waals surface area contributed by atoms with Crippen LogP contribution in [0.5, 0.6) is 0 Å². The van der Waals surface area contributed by atoms with Crippen molar-refractivity contribution in [1.29, 1.82) is 0 Å². The molecular weight excluding hydrogens is 671 g/mol. The van der Waals surface area contributed by atoms with Crippen LogP contribution < -0.4 is 5.32 Å². The highest BCUT2D eigenvalue weighted by atomic mass is 28.4. The highest BCUT2D eigenvalue weighted by molar-refractivity contribution is 6.74. The number of rotatable bonds is 21. The van der Waals surface area contributed by atoms with Crippen LogP contribution in [-0.4, -0.2) is 63.0 Å². The first-order chi connectivity index (χ1) is 24.9. The number of ether oxygens (including phenoxy) is 4. The molecule has 0 aliphatic carbocycles. The maximum Gasteiger partial charge on any atom is 0.217 e. The molecule has 4 aromatic rings. The molecule has 2 N–H and O–H groups in total. The van der Waals surface area contributed by atoms with Crippen LogP contribution in [0.1, 0.15) is 49.9 Å². The van der Waals surface area contributed by atoms with Gasteiger partial charge in [-0.2, -0.15) is 0 Å². The van der Waals surface area contributed by atoms with Crippen LogP contribution in [0.4, 0.5) is 0 Å². The number of hydrogen-bond acceptors (Lipinski definition) is 7. The Hall–Kier alpha value is -3.67. The molecule has 0 heterocycles. The molecule has 0 aliphatic heterocycles. The molecule has 1 amide bonds. The quantitative estimate of drug-likeness (QED) is 0.0845. The van der Waals surface area contributed by atoms with Gasteiger partial charge < -0.3 is 33.8 Å². The molecule has 0 saturated carbocycles. The highest BCUT2D eigenvalue weighted by Gasteiger charge is 2.43. The van der Waals surface area contributed by atoms with E-state index in [0.29, 0.717) is 6.61 Å². The Bertz CT molecular complexity index is 1570. The molecule has 0 aromatic heterocycles. The lowest BCUT2D eigenvalue weighted by molar-refractivity contribution is -0.171. The van der Waals surface area contributed by atoms with Crippen LogP contribution in [0, 0.1) is 0 Å². The molecule has 0 saturated heterocycles. The summed E-state index contributed by atoms with van der Waals surface area (Å²) in [5, 5.41) is 15.5. The van der Waals surface area contributed by atoms with E-state index in [-0.39, 0.29) is 44.0 Å². The van der Waals surface area contributed by atoms with Gasteiger partial charge in [0.05, 0.1) is 45.7 Å². The molecule has 0 radical (unpaired) electrons. The Kier molecular flexibility index (Phi) is 16.2. The fourth-order valence-electron chi connectivity index (χ4n) is 5.45. The zero-order chi connectivity index (χ0) is 37.4. The lowest BCUT2D eigenvalue weighted by atomic mass is 9.96. The van der Waals surface area contributed by atoms with Crippen molar-refractivity contribution < 1.29 is 33.3 Å². The number of hydrogen-bond donors (Lipinski definition) is 2. The molecule has 0 spiro atoms. The third kappa shape index (κ3) is 13.4. The lowest BCUT2D eigenvalue weighted by Gasteiger charge is -2.41. The average molecular weight is 728 g/mol. The van der Waals surface area contributed by atoms with Gasteiger partial charge in [-0.3, -0.25) is 4.79 Å². The predicted molar refractivity (Wildman–Crippen MR) is 208 cm³/mol. The Balaban J connectivity index is 1.69. The van der Waals surface area contributed by atoms with Crippen LogP contribution >= 0.6 is 0 Å². The Morgan fingerprint density at radius 1 is 0.635 bits per heavy atom. The highest BCUT2D eigenvalue weighted by Crippen LogP contribution is 2.37. The molecular formula is C43H57NO7Si. The summed E-state index contributed by atoms with van der Waals surface area (Å²) >= 11 is 0. The molecule has 0 fully saturated rings. The van der Waals surface area contributed by atoms with Gasteiger partial charge in [0.15, 0.2) is 8.32 Å². The zero-order valence-electron chi connectivity index (χ0n) is 31.6. The molecule has 9 heteroatoms. The van der Waals surface area contributed by atoms with Gasteiger partial charge in [0, 0.05) is 6.92 Å². The number of carbonyl (C=O) groups excluding carboxylic acids is 1. The normalized spacial score (nSPS) is 15.0. The minimum atomic E-state index is -2.26. The van der Waals surface area contributed by atoms with Gasteiger partial charge >= 0.3 is 0 Å².